The van der Waals surface area contributed by atoms with Crippen molar-refractivity contribution in [2.45, 2.75) is 32.6 Å². The van der Waals surface area contributed by atoms with Gasteiger partial charge in [0.05, 0.1) is 5.69 Å². The fraction of sp³-hybridized carbons (Fsp3) is 0.417. The molecule has 0 radical (unpaired) electrons. The zero-order chi connectivity index (χ0) is 10.2. The highest BCUT2D eigenvalue weighted by Gasteiger charge is 2.21. The Morgan fingerprint density at radius 2 is 2.14 bits per heavy atom. The minimum atomic E-state index is 0.173. The smallest absolute Gasteiger partial charge is 0.136 e. The summed E-state index contributed by atoms with van der Waals surface area (Å²) >= 11 is 0. The number of pyridine rings is 1. The standard InChI is InChI=1S/C12H16N2/c1-4-12(2,3)10-9-14-8-6-5-7-11(14)13-10/h5-9H,4H2,1-3H3. The molecule has 0 N–H and O–H groups in total. The van der Waals surface area contributed by atoms with Gasteiger partial charge in [-0.1, -0.05) is 26.8 Å². The first kappa shape index (κ1) is 9.25. The Balaban J connectivity index is 2.55. The summed E-state index contributed by atoms with van der Waals surface area (Å²) in [6, 6.07) is 6.08. The molecule has 0 unspecified atom stereocenters. The molecular formula is C12H16N2. The Morgan fingerprint density at radius 3 is 2.79 bits per heavy atom. The predicted molar refractivity (Wildman–Crippen MR) is 58.5 cm³/mol. The molecule has 2 heterocycles. The summed E-state index contributed by atoms with van der Waals surface area (Å²) in [6.07, 6.45) is 5.27. The lowest BCUT2D eigenvalue weighted by atomic mass is 9.87. The third-order valence-corrected chi connectivity index (χ3v) is 2.94. The lowest BCUT2D eigenvalue weighted by Crippen LogP contribution is -2.15. The van der Waals surface area contributed by atoms with Gasteiger partial charge in [0.1, 0.15) is 5.65 Å². The van der Waals surface area contributed by atoms with E-state index in [9.17, 15) is 0 Å². The van der Waals surface area contributed by atoms with Gasteiger partial charge in [-0.05, 0) is 18.6 Å². The largest absolute Gasteiger partial charge is 0.307 e. The molecule has 2 nitrogen and oxygen atoms in total. The van der Waals surface area contributed by atoms with E-state index in [1.54, 1.807) is 0 Å². The zero-order valence-electron chi connectivity index (χ0n) is 8.99. The summed E-state index contributed by atoms with van der Waals surface area (Å²) in [7, 11) is 0. The second kappa shape index (κ2) is 3.12. The fourth-order valence-corrected chi connectivity index (χ4v) is 1.44. The Kier molecular flexibility index (Phi) is 2.06. The molecule has 0 aliphatic rings. The summed E-state index contributed by atoms with van der Waals surface area (Å²) in [6.45, 7) is 6.66. The van der Waals surface area contributed by atoms with E-state index in [4.69, 9.17) is 0 Å². The van der Waals surface area contributed by atoms with Crippen molar-refractivity contribution in [2.24, 2.45) is 0 Å². The van der Waals surface area contributed by atoms with E-state index < -0.39 is 0 Å². The van der Waals surface area contributed by atoms with Crippen molar-refractivity contribution < 1.29 is 0 Å². The van der Waals surface area contributed by atoms with Gasteiger partial charge in [-0.25, -0.2) is 4.98 Å². The molecule has 0 aliphatic heterocycles. The highest BCUT2D eigenvalue weighted by Crippen LogP contribution is 2.25. The minimum absolute atomic E-state index is 0.173. The first-order valence-electron chi connectivity index (χ1n) is 5.08. The number of aromatic nitrogens is 2. The highest BCUT2D eigenvalue weighted by atomic mass is 15.0. The molecule has 0 atom stereocenters. The summed E-state index contributed by atoms with van der Waals surface area (Å²) in [5.41, 5.74) is 2.38. The Morgan fingerprint density at radius 1 is 1.36 bits per heavy atom. The van der Waals surface area contributed by atoms with E-state index in [2.05, 4.69) is 36.4 Å². The van der Waals surface area contributed by atoms with E-state index in [0.29, 0.717) is 0 Å². The van der Waals surface area contributed by atoms with E-state index in [-0.39, 0.29) is 5.41 Å². The van der Waals surface area contributed by atoms with Crippen LogP contribution in [-0.4, -0.2) is 9.38 Å². The lowest BCUT2D eigenvalue weighted by Gasteiger charge is -2.19. The molecule has 2 aromatic rings. The normalized spacial score (nSPS) is 12.2. The predicted octanol–water partition coefficient (Wildman–Crippen LogP) is 3.02. The third kappa shape index (κ3) is 1.41. The number of nitrogens with zero attached hydrogens (tertiary/aromatic N) is 2. The Bertz CT molecular complexity index is 407. The summed E-state index contributed by atoms with van der Waals surface area (Å²) < 4.78 is 2.08. The molecule has 2 heteroatoms. The summed E-state index contributed by atoms with van der Waals surface area (Å²) in [4.78, 5) is 4.62. The number of rotatable bonds is 2. The first-order valence-corrected chi connectivity index (χ1v) is 5.08. The van der Waals surface area contributed by atoms with Crippen molar-refractivity contribution in [3.8, 4) is 0 Å². The number of hydrogen-bond donors (Lipinski definition) is 0. The van der Waals surface area contributed by atoms with Gasteiger partial charge in [-0.2, -0.15) is 0 Å². The van der Waals surface area contributed by atoms with Gasteiger partial charge in [0, 0.05) is 17.8 Å². The first-order chi connectivity index (χ1) is 6.63. The van der Waals surface area contributed by atoms with E-state index in [1.165, 1.54) is 5.69 Å². The number of hydrogen-bond acceptors (Lipinski definition) is 1. The molecule has 0 saturated heterocycles. The molecule has 0 aromatic carbocycles. The van der Waals surface area contributed by atoms with Crippen LogP contribution in [0.2, 0.25) is 0 Å². The number of fused-ring (bicyclic) bond motifs is 1. The van der Waals surface area contributed by atoms with Crippen molar-refractivity contribution in [3.05, 3.63) is 36.3 Å². The lowest BCUT2D eigenvalue weighted by molar-refractivity contribution is 0.493. The molecule has 14 heavy (non-hydrogen) atoms. The van der Waals surface area contributed by atoms with Crippen LogP contribution in [0.15, 0.2) is 30.6 Å². The number of imidazole rings is 1. The van der Waals surface area contributed by atoms with Crippen LogP contribution in [0.5, 0.6) is 0 Å². The average Bonchev–Trinajstić information content (AvgIpc) is 2.61. The Labute approximate surface area is 84.6 Å². The second-order valence-electron chi connectivity index (χ2n) is 4.33. The van der Waals surface area contributed by atoms with Gasteiger partial charge < -0.3 is 4.40 Å². The average molecular weight is 188 g/mol. The molecule has 0 aliphatic carbocycles. The van der Waals surface area contributed by atoms with Gasteiger partial charge in [0.15, 0.2) is 0 Å². The van der Waals surface area contributed by atoms with Crippen LogP contribution in [0.1, 0.15) is 32.9 Å². The molecule has 0 spiro atoms. The molecule has 0 saturated carbocycles. The molecule has 74 valence electrons. The van der Waals surface area contributed by atoms with Crippen molar-refractivity contribution in [1.29, 1.82) is 0 Å². The highest BCUT2D eigenvalue weighted by molar-refractivity contribution is 5.40. The zero-order valence-corrected chi connectivity index (χ0v) is 8.99. The molecular weight excluding hydrogens is 172 g/mol. The molecule has 2 rings (SSSR count). The molecule has 0 bridgehead atoms. The van der Waals surface area contributed by atoms with E-state index >= 15 is 0 Å². The van der Waals surface area contributed by atoms with E-state index in [1.807, 2.05) is 24.4 Å². The van der Waals surface area contributed by atoms with Crippen molar-refractivity contribution >= 4 is 5.65 Å². The van der Waals surface area contributed by atoms with Crippen LogP contribution < -0.4 is 0 Å². The van der Waals surface area contributed by atoms with Crippen LogP contribution in [0.3, 0.4) is 0 Å². The van der Waals surface area contributed by atoms with Gasteiger partial charge in [0.2, 0.25) is 0 Å². The van der Waals surface area contributed by atoms with Crippen molar-refractivity contribution in [2.75, 3.05) is 0 Å². The molecule has 0 fully saturated rings. The van der Waals surface area contributed by atoms with Gasteiger partial charge in [-0.15, -0.1) is 0 Å². The second-order valence-corrected chi connectivity index (χ2v) is 4.33. The van der Waals surface area contributed by atoms with Crippen LogP contribution in [-0.2, 0) is 5.41 Å². The van der Waals surface area contributed by atoms with Gasteiger partial charge in [-0.3, -0.25) is 0 Å². The van der Waals surface area contributed by atoms with E-state index in [0.717, 1.165) is 12.1 Å². The summed E-state index contributed by atoms with van der Waals surface area (Å²) in [5.74, 6) is 0. The monoisotopic (exact) mass is 188 g/mol. The van der Waals surface area contributed by atoms with Crippen LogP contribution in [0, 0.1) is 0 Å². The third-order valence-electron chi connectivity index (χ3n) is 2.94. The molecule has 0 amide bonds. The maximum atomic E-state index is 4.62. The minimum Gasteiger partial charge on any atom is -0.307 e. The van der Waals surface area contributed by atoms with Crippen molar-refractivity contribution in [1.82, 2.24) is 9.38 Å². The van der Waals surface area contributed by atoms with Crippen LogP contribution >= 0.6 is 0 Å². The van der Waals surface area contributed by atoms with Crippen molar-refractivity contribution in [3.63, 3.8) is 0 Å². The van der Waals surface area contributed by atoms with Gasteiger partial charge in [0.25, 0.3) is 0 Å². The SMILES string of the molecule is CCC(C)(C)c1cn2ccccc2n1. The maximum Gasteiger partial charge on any atom is 0.136 e. The van der Waals surface area contributed by atoms with Crippen LogP contribution in [0.4, 0.5) is 0 Å². The fourth-order valence-electron chi connectivity index (χ4n) is 1.44. The maximum absolute atomic E-state index is 4.62. The summed E-state index contributed by atoms with van der Waals surface area (Å²) in [5, 5.41) is 0. The molecule has 2 aromatic heterocycles. The quantitative estimate of drug-likeness (QED) is 0.708. The van der Waals surface area contributed by atoms with Gasteiger partial charge >= 0.3 is 0 Å². The topological polar surface area (TPSA) is 17.3 Å². The van der Waals surface area contributed by atoms with Crippen LogP contribution in [0.25, 0.3) is 5.65 Å². The Hall–Kier alpha value is -1.31.